The van der Waals surface area contributed by atoms with Crippen molar-refractivity contribution in [2.24, 2.45) is 5.92 Å². The van der Waals surface area contributed by atoms with Crippen molar-refractivity contribution >= 4 is 17.7 Å². The third-order valence-corrected chi connectivity index (χ3v) is 10.3. The van der Waals surface area contributed by atoms with Gasteiger partial charge in [-0.3, -0.25) is 4.79 Å². The van der Waals surface area contributed by atoms with Crippen molar-refractivity contribution in [3.8, 4) is 39.5 Å². The lowest BCUT2D eigenvalue weighted by atomic mass is 9.88. The van der Waals surface area contributed by atoms with Crippen LogP contribution in [0.15, 0.2) is 120 Å². The number of methoxy groups -OCH3 is 2. The van der Waals surface area contributed by atoms with Gasteiger partial charge in [-0.2, -0.15) is 0 Å². The van der Waals surface area contributed by atoms with Crippen LogP contribution in [-0.2, 0) is 6.42 Å². The quantitative estimate of drug-likeness (QED) is 0.126. The van der Waals surface area contributed by atoms with Crippen LogP contribution in [0.4, 0.5) is 4.39 Å². The molecule has 6 rings (SSSR count). The number of amides is 1. The molecule has 0 bridgehead atoms. The molecule has 0 radical (unpaired) electrons. The molecular weight excluding hydrogens is 634 g/mol. The molecule has 5 nitrogen and oxygen atoms in total. The van der Waals surface area contributed by atoms with Gasteiger partial charge in [0, 0.05) is 28.3 Å². The number of hydrogen-bond acceptors (Lipinski definition) is 5. The minimum Gasteiger partial charge on any atom is -0.497 e. The van der Waals surface area contributed by atoms with E-state index in [0.717, 1.165) is 70.8 Å². The molecule has 0 heterocycles. The smallest absolute Gasteiger partial charge is 0.251 e. The molecule has 0 spiro atoms. The van der Waals surface area contributed by atoms with Gasteiger partial charge in [-0.25, -0.2) is 4.39 Å². The Bertz CT molecular complexity index is 1860. The summed E-state index contributed by atoms with van der Waals surface area (Å²) < 4.78 is 31.8. The van der Waals surface area contributed by atoms with Crippen molar-refractivity contribution in [2.45, 2.75) is 43.1 Å². The minimum absolute atomic E-state index is 0.162. The third-order valence-electron chi connectivity index (χ3n) is 9.06. The Balaban J connectivity index is 1.10. The average molecular weight is 676 g/mol. The first-order valence-electron chi connectivity index (χ1n) is 16.8. The fourth-order valence-corrected chi connectivity index (χ4v) is 7.50. The van der Waals surface area contributed by atoms with E-state index in [1.54, 1.807) is 38.5 Å². The van der Waals surface area contributed by atoms with Gasteiger partial charge >= 0.3 is 0 Å². The highest BCUT2D eigenvalue weighted by atomic mass is 32.2. The lowest BCUT2D eigenvalue weighted by molar-refractivity contribution is 0.0954. The number of ether oxygens (including phenoxy) is 3. The molecule has 252 valence electrons. The van der Waals surface area contributed by atoms with Gasteiger partial charge in [0.1, 0.15) is 23.1 Å². The Morgan fingerprint density at radius 3 is 2.29 bits per heavy atom. The molecule has 5 aromatic carbocycles. The van der Waals surface area contributed by atoms with Crippen LogP contribution in [0.25, 0.3) is 22.3 Å². The van der Waals surface area contributed by atoms with E-state index in [9.17, 15) is 9.18 Å². The zero-order valence-electron chi connectivity index (χ0n) is 28.0. The van der Waals surface area contributed by atoms with E-state index in [1.165, 1.54) is 11.0 Å². The van der Waals surface area contributed by atoms with Crippen molar-refractivity contribution in [3.63, 3.8) is 0 Å². The Labute approximate surface area is 292 Å². The van der Waals surface area contributed by atoms with Gasteiger partial charge in [0.25, 0.3) is 5.91 Å². The largest absolute Gasteiger partial charge is 0.497 e. The van der Waals surface area contributed by atoms with E-state index in [-0.39, 0.29) is 17.8 Å². The van der Waals surface area contributed by atoms with Gasteiger partial charge in [0.2, 0.25) is 0 Å². The maximum Gasteiger partial charge on any atom is 0.251 e. The lowest BCUT2D eigenvalue weighted by Gasteiger charge is -2.29. The summed E-state index contributed by atoms with van der Waals surface area (Å²) in [6.45, 7) is 0.410. The summed E-state index contributed by atoms with van der Waals surface area (Å²) in [5.41, 5.74) is 4.92. The molecule has 1 aliphatic carbocycles. The van der Waals surface area contributed by atoms with E-state index < -0.39 is 0 Å². The lowest BCUT2D eigenvalue weighted by Crippen LogP contribution is -2.26. The average Bonchev–Trinajstić information content (AvgIpc) is 3.15. The van der Waals surface area contributed by atoms with Crippen LogP contribution in [-0.4, -0.2) is 38.5 Å². The number of nitrogens with one attached hydrogen (secondary N) is 1. The van der Waals surface area contributed by atoms with Crippen LogP contribution >= 0.6 is 11.8 Å². The predicted octanol–water partition coefficient (Wildman–Crippen LogP) is 9.88. The Morgan fingerprint density at radius 1 is 0.755 bits per heavy atom. The van der Waals surface area contributed by atoms with Crippen LogP contribution < -0.4 is 19.5 Å². The summed E-state index contributed by atoms with van der Waals surface area (Å²) in [7, 11) is 3.24. The molecule has 1 amide bonds. The van der Waals surface area contributed by atoms with E-state index in [0.29, 0.717) is 30.2 Å². The van der Waals surface area contributed by atoms with Crippen molar-refractivity contribution in [2.75, 3.05) is 26.5 Å². The molecule has 1 saturated carbocycles. The number of carbonyl (C=O) groups is 1. The number of rotatable bonds is 13. The van der Waals surface area contributed by atoms with Crippen LogP contribution in [0.1, 0.15) is 41.6 Å². The van der Waals surface area contributed by atoms with Crippen molar-refractivity contribution in [3.05, 3.63) is 132 Å². The molecule has 1 aliphatic rings. The Morgan fingerprint density at radius 2 is 1.53 bits per heavy atom. The first-order valence-corrected chi connectivity index (χ1v) is 17.8. The summed E-state index contributed by atoms with van der Waals surface area (Å²) >= 11 is 1.94. The molecule has 49 heavy (non-hydrogen) atoms. The van der Waals surface area contributed by atoms with E-state index >= 15 is 0 Å². The van der Waals surface area contributed by atoms with Gasteiger partial charge < -0.3 is 19.5 Å². The molecule has 1 fully saturated rings. The van der Waals surface area contributed by atoms with Crippen LogP contribution in [0, 0.1) is 11.7 Å². The van der Waals surface area contributed by atoms with Crippen molar-refractivity contribution < 1.29 is 23.4 Å². The minimum atomic E-state index is -0.291. The van der Waals surface area contributed by atoms with Crippen molar-refractivity contribution in [1.29, 1.82) is 0 Å². The maximum atomic E-state index is 14.4. The van der Waals surface area contributed by atoms with Crippen LogP contribution in [0.3, 0.4) is 0 Å². The summed E-state index contributed by atoms with van der Waals surface area (Å²) in [6, 6.07) is 36.4. The maximum absolute atomic E-state index is 14.4. The highest BCUT2D eigenvalue weighted by Crippen LogP contribution is 2.35. The van der Waals surface area contributed by atoms with Gasteiger partial charge in [0.15, 0.2) is 0 Å². The first kappa shape index (κ1) is 34.1. The summed E-state index contributed by atoms with van der Waals surface area (Å²) in [4.78, 5) is 14.6. The molecule has 0 aromatic heterocycles. The monoisotopic (exact) mass is 675 g/mol. The third kappa shape index (κ3) is 9.04. The zero-order chi connectivity index (χ0) is 34.0. The fraction of sp³-hybridized carbons (Fsp3) is 0.262. The second-order valence-corrected chi connectivity index (χ2v) is 13.5. The zero-order valence-corrected chi connectivity index (χ0v) is 28.8. The Kier molecular flexibility index (Phi) is 11.5. The van der Waals surface area contributed by atoms with Crippen molar-refractivity contribution in [1.82, 2.24) is 5.32 Å². The molecule has 5 aromatic rings. The van der Waals surface area contributed by atoms with Gasteiger partial charge in [-0.05, 0) is 127 Å². The highest BCUT2D eigenvalue weighted by Gasteiger charge is 2.23. The van der Waals surface area contributed by atoms with Gasteiger partial charge in [-0.1, -0.05) is 48.5 Å². The van der Waals surface area contributed by atoms with Crippen LogP contribution in [0.5, 0.6) is 17.2 Å². The molecule has 1 N–H and O–H groups in total. The van der Waals surface area contributed by atoms with Gasteiger partial charge in [-0.15, -0.1) is 11.8 Å². The van der Waals surface area contributed by atoms with E-state index in [2.05, 4.69) is 35.6 Å². The topological polar surface area (TPSA) is 56.8 Å². The van der Waals surface area contributed by atoms with E-state index in [1.807, 2.05) is 66.4 Å². The summed E-state index contributed by atoms with van der Waals surface area (Å²) in [5.74, 6) is 3.53. The number of benzene rings is 5. The first-order chi connectivity index (χ1) is 24.0. The summed E-state index contributed by atoms with van der Waals surface area (Å²) in [6.07, 6.45) is 5.07. The second-order valence-electron chi connectivity index (χ2n) is 12.4. The molecule has 0 unspecified atom stereocenters. The normalized spacial score (nSPS) is 15.7. The Hall–Kier alpha value is -4.75. The number of thioether (sulfide) groups is 1. The molecular formula is C42H42FNO4S. The molecule has 0 saturated heterocycles. The standard InChI is InChI=1S/C42H42FNO4S/c1-46-36-11-7-9-32(25-36)40-26-33(17-21-41(40)47-2)42(45)44-23-22-30-16-20-37(27-39(30)31-8-6-10-34(43)24-31)48-35-18-14-29(15-19-35)28-49-38-12-4-3-5-13-38/h3-13,16-17,20-21,24-27,29,35H,14-15,18-19,22-23,28H2,1-2H3,(H,44,45). The highest BCUT2D eigenvalue weighted by molar-refractivity contribution is 7.99. The molecule has 0 aliphatic heterocycles. The SMILES string of the molecule is COc1cccc(-c2cc(C(=O)NCCc3ccc(OC4CCC(CSc5ccccc5)CC4)cc3-c3cccc(F)c3)ccc2OC)c1. The van der Waals surface area contributed by atoms with Crippen LogP contribution in [0.2, 0.25) is 0 Å². The number of halogens is 1. The summed E-state index contributed by atoms with van der Waals surface area (Å²) in [5, 5.41) is 3.07. The second kappa shape index (κ2) is 16.6. The fourth-order valence-electron chi connectivity index (χ4n) is 6.39. The number of carbonyl (C=O) groups excluding carboxylic acids is 1. The predicted molar refractivity (Wildman–Crippen MR) is 196 cm³/mol. The van der Waals surface area contributed by atoms with E-state index in [4.69, 9.17) is 14.2 Å². The number of hydrogen-bond donors (Lipinski definition) is 1. The van der Waals surface area contributed by atoms with Gasteiger partial charge in [0.05, 0.1) is 20.3 Å². The molecule has 0 atom stereocenters. The molecule has 7 heteroatoms.